The van der Waals surface area contributed by atoms with Crippen LogP contribution in [-0.4, -0.2) is 81.1 Å². The standard InChI is InChI=1S/C16H14N4O7S.Sr.2H/c1-10(21)15(16(22)17-11-5-3-2-4-6-11)19-18-13-8-7-12(28(25,26)27)9-14(13)20(23)24;;;/h2-9,15H,1H3,(H,17,22)(H,25,26,27);;;/q;+2;2*-1. The molecule has 29 heavy (non-hydrogen) atoms. The molecular weight excluding hydrogens is 480 g/mol. The van der Waals surface area contributed by atoms with Gasteiger partial charge in [0.05, 0.1) is 4.92 Å². The van der Waals surface area contributed by atoms with Crippen LogP contribution in [0.2, 0.25) is 0 Å². The van der Waals surface area contributed by atoms with E-state index >= 15 is 0 Å². The minimum absolute atomic E-state index is 0. The number of nitro groups is 1. The molecule has 0 radical (unpaired) electrons. The van der Waals surface area contributed by atoms with Crippen LogP contribution in [0.3, 0.4) is 0 Å². The van der Waals surface area contributed by atoms with Crippen LogP contribution < -0.4 is 5.32 Å². The van der Waals surface area contributed by atoms with Crippen LogP contribution in [0.25, 0.3) is 0 Å². The van der Waals surface area contributed by atoms with Crippen LogP contribution in [0.1, 0.15) is 9.78 Å². The van der Waals surface area contributed by atoms with E-state index in [0.717, 1.165) is 19.1 Å². The van der Waals surface area contributed by atoms with E-state index in [-0.39, 0.29) is 48.3 Å². The fraction of sp³-hybridized carbons (Fsp3) is 0.125. The third-order valence-electron chi connectivity index (χ3n) is 3.40. The maximum absolute atomic E-state index is 12.2. The zero-order valence-corrected chi connectivity index (χ0v) is 19.3. The molecule has 0 saturated heterocycles. The second-order valence-corrected chi connectivity index (χ2v) is 6.89. The van der Waals surface area contributed by atoms with Crippen molar-refractivity contribution in [2.75, 3.05) is 5.32 Å². The van der Waals surface area contributed by atoms with E-state index in [4.69, 9.17) is 4.55 Å². The number of amides is 1. The van der Waals surface area contributed by atoms with Crippen LogP contribution in [0.15, 0.2) is 63.7 Å². The Morgan fingerprint density at radius 2 is 1.83 bits per heavy atom. The summed E-state index contributed by atoms with van der Waals surface area (Å²) in [5.74, 6) is -1.45. The topological polar surface area (TPSA) is 168 Å². The molecule has 0 fully saturated rings. The number of para-hydroxylation sites is 1. The van der Waals surface area contributed by atoms with E-state index in [1.54, 1.807) is 30.3 Å². The Kier molecular flexibility index (Phi) is 9.19. The van der Waals surface area contributed by atoms with Gasteiger partial charge in [-0.2, -0.15) is 13.5 Å². The van der Waals surface area contributed by atoms with Crippen molar-refractivity contribution in [1.29, 1.82) is 0 Å². The normalized spacial score (nSPS) is 12.1. The number of nitrogens with one attached hydrogen (secondary N) is 1. The van der Waals surface area contributed by atoms with Gasteiger partial charge in [-0.15, -0.1) is 5.11 Å². The van der Waals surface area contributed by atoms with Crippen molar-refractivity contribution in [2.45, 2.75) is 17.9 Å². The van der Waals surface area contributed by atoms with Crippen molar-refractivity contribution in [2.24, 2.45) is 10.2 Å². The number of benzene rings is 2. The largest absolute Gasteiger partial charge is 2.00 e. The number of carbonyl (C=O) groups excluding carboxylic acids is 2. The molecule has 2 aromatic rings. The zero-order valence-electron chi connectivity index (χ0n) is 17.0. The quantitative estimate of drug-likeness (QED) is 0.148. The molecule has 0 saturated carbocycles. The minimum Gasteiger partial charge on any atom is -1.00 e. The molecule has 0 spiro atoms. The van der Waals surface area contributed by atoms with E-state index in [1.807, 2.05) is 0 Å². The van der Waals surface area contributed by atoms with Crippen LogP contribution in [0.5, 0.6) is 0 Å². The van der Waals surface area contributed by atoms with Gasteiger partial charge < -0.3 is 8.17 Å². The molecule has 2 aromatic carbocycles. The third-order valence-corrected chi connectivity index (χ3v) is 4.25. The number of nitro benzene ring substituents is 1. The Morgan fingerprint density at radius 3 is 2.34 bits per heavy atom. The van der Waals surface area contributed by atoms with Crippen molar-refractivity contribution in [3.8, 4) is 0 Å². The van der Waals surface area contributed by atoms with Crippen LogP contribution in [-0.2, 0) is 19.7 Å². The molecule has 0 bridgehead atoms. The number of rotatable bonds is 7. The first-order valence-electron chi connectivity index (χ1n) is 7.62. The number of hydrogen-bond donors (Lipinski definition) is 2. The second kappa shape index (κ2) is 10.7. The van der Waals surface area contributed by atoms with Crippen molar-refractivity contribution in [1.82, 2.24) is 0 Å². The molecule has 0 aliphatic rings. The first-order valence-corrected chi connectivity index (χ1v) is 9.06. The van der Waals surface area contributed by atoms with Gasteiger partial charge in [0.25, 0.3) is 21.7 Å². The number of azo groups is 1. The molecule has 2 rings (SSSR count). The van der Waals surface area contributed by atoms with Crippen molar-refractivity contribution in [3.63, 3.8) is 0 Å². The molecule has 2 N–H and O–H groups in total. The summed E-state index contributed by atoms with van der Waals surface area (Å²) in [6.07, 6.45) is 0. The van der Waals surface area contributed by atoms with E-state index in [1.165, 1.54) is 0 Å². The molecular formula is C16H16N4O7SSr. The molecule has 150 valence electrons. The Morgan fingerprint density at radius 1 is 1.21 bits per heavy atom. The first kappa shape index (κ1) is 25.0. The predicted molar refractivity (Wildman–Crippen MR) is 105 cm³/mol. The summed E-state index contributed by atoms with van der Waals surface area (Å²) in [5, 5.41) is 20.7. The molecule has 1 unspecified atom stereocenters. The van der Waals surface area contributed by atoms with E-state index in [9.17, 15) is 28.1 Å². The maximum atomic E-state index is 12.2. The van der Waals surface area contributed by atoms with Gasteiger partial charge >= 0.3 is 45.5 Å². The SMILES string of the molecule is CC(=O)C(N=Nc1ccc(S(=O)(=O)O)cc1[N+](=O)[O-])C(=O)Nc1ccccc1.[H-].[H-].[Sr+2]. The predicted octanol–water partition coefficient (Wildman–Crippen LogP) is 2.37. The molecule has 0 aliphatic heterocycles. The molecule has 0 aliphatic carbocycles. The van der Waals surface area contributed by atoms with E-state index < -0.39 is 49.0 Å². The molecule has 11 nitrogen and oxygen atoms in total. The Bertz CT molecular complexity index is 1070. The maximum Gasteiger partial charge on any atom is 2.00 e. The zero-order chi connectivity index (χ0) is 20.9. The van der Waals surface area contributed by atoms with Crippen molar-refractivity contribution >= 4 is 84.4 Å². The average Bonchev–Trinajstić information content (AvgIpc) is 2.61. The van der Waals surface area contributed by atoms with Crippen molar-refractivity contribution < 1.29 is 30.3 Å². The monoisotopic (exact) mass is 496 g/mol. The van der Waals surface area contributed by atoms with Crippen LogP contribution in [0.4, 0.5) is 17.1 Å². The van der Waals surface area contributed by atoms with E-state index in [0.29, 0.717) is 11.8 Å². The summed E-state index contributed by atoms with van der Waals surface area (Å²) in [6.45, 7) is 1.10. The molecule has 0 heterocycles. The Balaban J connectivity index is 0. The van der Waals surface area contributed by atoms with Crippen LogP contribution in [0, 0.1) is 10.1 Å². The van der Waals surface area contributed by atoms with Gasteiger partial charge in [-0.1, -0.05) is 18.2 Å². The smallest absolute Gasteiger partial charge is 1.00 e. The fourth-order valence-electron chi connectivity index (χ4n) is 2.06. The summed E-state index contributed by atoms with van der Waals surface area (Å²) in [4.78, 5) is 33.5. The number of carbonyl (C=O) groups is 2. The summed E-state index contributed by atoms with van der Waals surface area (Å²) >= 11 is 0. The average molecular weight is 496 g/mol. The van der Waals surface area contributed by atoms with E-state index in [2.05, 4.69) is 15.5 Å². The summed E-state index contributed by atoms with van der Waals surface area (Å²) in [7, 11) is -4.66. The molecule has 1 atom stereocenters. The summed E-state index contributed by atoms with van der Waals surface area (Å²) in [5.41, 5.74) is -0.752. The molecule has 13 heteroatoms. The van der Waals surface area contributed by atoms with Gasteiger partial charge in [0.15, 0.2) is 11.5 Å². The molecule has 1 amide bonds. The third kappa shape index (κ3) is 7.06. The Labute approximate surface area is 205 Å². The Hall–Kier alpha value is -2.03. The van der Waals surface area contributed by atoms with Gasteiger partial charge in [-0.05, 0) is 31.2 Å². The first-order chi connectivity index (χ1) is 13.1. The number of hydrogen-bond acceptors (Lipinski definition) is 8. The van der Waals surface area contributed by atoms with Gasteiger partial charge in [-0.25, -0.2) is 0 Å². The number of anilines is 1. The summed E-state index contributed by atoms with van der Waals surface area (Å²) in [6, 6.07) is 9.07. The van der Waals surface area contributed by atoms with Gasteiger partial charge in [-0.3, -0.25) is 24.3 Å². The van der Waals surface area contributed by atoms with Crippen LogP contribution >= 0.6 is 0 Å². The van der Waals surface area contributed by atoms with Gasteiger partial charge in [0.1, 0.15) is 4.90 Å². The number of ketones is 1. The van der Waals surface area contributed by atoms with Crippen molar-refractivity contribution in [3.05, 3.63) is 58.6 Å². The number of nitrogens with zero attached hydrogens (tertiary/aromatic N) is 3. The second-order valence-electron chi connectivity index (χ2n) is 5.47. The van der Waals surface area contributed by atoms with Gasteiger partial charge in [0.2, 0.25) is 6.04 Å². The fourth-order valence-corrected chi connectivity index (χ4v) is 2.57. The minimum atomic E-state index is -4.66. The molecule has 0 aromatic heterocycles. The van der Waals surface area contributed by atoms with Gasteiger partial charge in [0, 0.05) is 11.8 Å². The number of Topliss-reactive ketones (excluding diaryl/α,β-unsaturated/α-hetero) is 1. The summed E-state index contributed by atoms with van der Waals surface area (Å²) < 4.78 is 31.2.